The van der Waals surface area contributed by atoms with Crippen LogP contribution in [0, 0.1) is 5.92 Å². The summed E-state index contributed by atoms with van der Waals surface area (Å²) in [6.45, 7) is 4.23. The normalized spacial score (nSPS) is 17.7. The molecule has 1 heterocycles. The SMILES string of the molecule is CC(C)/C=C1/c2ccccc2C(=O)N1C. The second kappa shape index (κ2) is 3.54. The lowest BCUT2D eigenvalue weighted by Gasteiger charge is -2.12. The lowest BCUT2D eigenvalue weighted by atomic mass is 10.1. The molecule has 0 aliphatic carbocycles. The second-order valence-electron chi connectivity index (χ2n) is 4.21. The third-order valence-electron chi connectivity index (χ3n) is 2.59. The van der Waals surface area contributed by atoms with Gasteiger partial charge in [-0.3, -0.25) is 4.79 Å². The molecule has 0 aromatic heterocycles. The van der Waals surface area contributed by atoms with Gasteiger partial charge in [0, 0.05) is 23.9 Å². The van der Waals surface area contributed by atoms with Gasteiger partial charge in [0.15, 0.2) is 0 Å². The van der Waals surface area contributed by atoms with Gasteiger partial charge in [-0.05, 0) is 12.0 Å². The topological polar surface area (TPSA) is 20.3 Å². The molecule has 1 aliphatic heterocycles. The van der Waals surface area contributed by atoms with Gasteiger partial charge in [0.2, 0.25) is 0 Å². The first-order valence-electron chi connectivity index (χ1n) is 5.20. The molecule has 0 bridgehead atoms. The van der Waals surface area contributed by atoms with Gasteiger partial charge in [-0.25, -0.2) is 0 Å². The average Bonchev–Trinajstić information content (AvgIpc) is 2.44. The number of fused-ring (bicyclic) bond motifs is 1. The summed E-state index contributed by atoms with van der Waals surface area (Å²) in [7, 11) is 1.83. The molecule has 0 radical (unpaired) electrons. The Hall–Kier alpha value is -1.57. The summed E-state index contributed by atoms with van der Waals surface area (Å²) in [6.07, 6.45) is 2.13. The van der Waals surface area contributed by atoms with Crippen molar-refractivity contribution in [2.45, 2.75) is 13.8 Å². The van der Waals surface area contributed by atoms with E-state index in [1.165, 1.54) is 0 Å². The highest BCUT2D eigenvalue weighted by Crippen LogP contribution is 2.31. The molecule has 15 heavy (non-hydrogen) atoms. The van der Waals surface area contributed by atoms with Crippen LogP contribution in [0.3, 0.4) is 0 Å². The van der Waals surface area contributed by atoms with Crippen LogP contribution in [0.1, 0.15) is 29.8 Å². The van der Waals surface area contributed by atoms with Crippen molar-refractivity contribution < 1.29 is 4.79 Å². The number of hydrogen-bond acceptors (Lipinski definition) is 1. The summed E-state index contributed by atoms with van der Waals surface area (Å²) in [5, 5.41) is 0. The molecular formula is C13H15NO. The predicted molar refractivity (Wildman–Crippen MR) is 61.4 cm³/mol. The van der Waals surface area contributed by atoms with Gasteiger partial charge >= 0.3 is 0 Å². The predicted octanol–water partition coefficient (Wildman–Crippen LogP) is 2.77. The molecule has 2 heteroatoms. The maximum Gasteiger partial charge on any atom is 0.258 e. The third kappa shape index (κ3) is 1.56. The Morgan fingerprint density at radius 3 is 2.40 bits per heavy atom. The Morgan fingerprint density at radius 2 is 1.80 bits per heavy atom. The molecule has 0 saturated heterocycles. The zero-order chi connectivity index (χ0) is 11.0. The van der Waals surface area contributed by atoms with Crippen molar-refractivity contribution in [3.8, 4) is 0 Å². The highest BCUT2D eigenvalue weighted by atomic mass is 16.2. The first-order valence-corrected chi connectivity index (χ1v) is 5.20. The number of benzene rings is 1. The van der Waals surface area contributed by atoms with Gasteiger partial charge < -0.3 is 4.90 Å². The minimum absolute atomic E-state index is 0.0949. The molecule has 1 aromatic carbocycles. The van der Waals surface area contributed by atoms with Crippen LogP contribution in [0.2, 0.25) is 0 Å². The van der Waals surface area contributed by atoms with Crippen LogP contribution in [-0.2, 0) is 0 Å². The van der Waals surface area contributed by atoms with E-state index in [1.807, 2.05) is 31.3 Å². The van der Waals surface area contributed by atoms with Gasteiger partial charge in [-0.2, -0.15) is 0 Å². The molecule has 0 fully saturated rings. The highest BCUT2D eigenvalue weighted by Gasteiger charge is 2.28. The standard InChI is InChI=1S/C13H15NO/c1-9(2)8-12-10-6-4-5-7-11(10)13(15)14(12)3/h4-9H,1-3H3/b12-8-. The summed E-state index contributed by atoms with van der Waals surface area (Å²) in [5.74, 6) is 0.541. The summed E-state index contributed by atoms with van der Waals surface area (Å²) < 4.78 is 0. The van der Waals surface area contributed by atoms with Crippen molar-refractivity contribution in [1.29, 1.82) is 0 Å². The smallest absolute Gasteiger partial charge is 0.258 e. The molecule has 0 saturated carbocycles. The number of amides is 1. The molecule has 2 rings (SSSR count). The fourth-order valence-corrected chi connectivity index (χ4v) is 1.88. The molecule has 0 N–H and O–H groups in total. The number of carbonyl (C=O) groups is 1. The van der Waals surface area contributed by atoms with E-state index in [1.54, 1.807) is 4.90 Å². The first kappa shape index (κ1) is 9.97. The van der Waals surface area contributed by atoms with Crippen LogP contribution in [0.15, 0.2) is 30.3 Å². The van der Waals surface area contributed by atoms with Crippen LogP contribution >= 0.6 is 0 Å². The maximum absolute atomic E-state index is 11.9. The zero-order valence-electron chi connectivity index (χ0n) is 9.32. The molecule has 1 aromatic rings. The van der Waals surface area contributed by atoms with E-state index in [9.17, 15) is 4.79 Å². The Morgan fingerprint density at radius 1 is 1.20 bits per heavy atom. The van der Waals surface area contributed by atoms with E-state index >= 15 is 0 Å². The molecular weight excluding hydrogens is 186 g/mol. The minimum atomic E-state index is 0.0949. The van der Waals surface area contributed by atoms with Crippen LogP contribution in [0.25, 0.3) is 5.70 Å². The summed E-state index contributed by atoms with van der Waals surface area (Å²) >= 11 is 0. The van der Waals surface area contributed by atoms with Gasteiger partial charge in [0.25, 0.3) is 5.91 Å². The molecule has 1 amide bonds. The molecule has 0 spiro atoms. The monoisotopic (exact) mass is 201 g/mol. The van der Waals surface area contributed by atoms with Crippen LogP contribution in [0.5, 0.6) is 0 Å². The molecule has 0 atom stereocenters. The Kier molecular flexibility index (Phi) is 2.35. The van der Waals surface area contributed by atoms with E-state index in [2.05, 4.69) is 19.9 Å². The third-order valence-corrected chi connectivity index (χ3v) is 2.59. The minimum Gasteiger partial charge on any atom is -0.311 e. The quantitative estimate of drug-likeness (QED) is 0.684. The number of allylic oxidation sites excluding steroid dienone is 1. The van der Waals surface area contributed by atoms with Gasteiger partial charge in [0.1, 0.15) is 0 Å². The van der Waals surface area contributed by atoms with Crippen LogP contribution in [-0.4, -0.2) is 17.9 Å². The fourth-order valence-electron chi connectivity index (χ4n) is 1.88. The lowest BCUT2D eigenvalue weighted by molar-refractivity contribution is 0.0874. The summed E-state index contributed by atoms with van der Waals surface area (Å²) in [4.78, 5) is 13.6. The van der Waals surface area contributed by atoms with Gasteiger partial charge in [0.05, 0.1) is 0 Å². The van der Waals surface area contributed by atoms with Crippen molar-refractivity contribution >= 4 is 11.6 Å². The average molecular weight is 201 g/mol. The van der Waals surface area contributed by atoms with E-state index in [4.69, 9.17) is 0 Å². The second-order valence-corrected chi connectivity index (χ2v) is 4.21. The van der Waals surface area contributed by atoms with E-state index in [0.29, 0.717) is 5.92 Å². The van der Waals surface area contributed by atoms with Crippen LogP contribution < -0.4 is 0 Å². The highest BCUT2D eigenvalue weighted by molar-refractivity contribution is 6.08. The fraction of sp³-hybridized carbons (Fsp3) is 0.308. The van der Waals surface area contributed by atoms with E-state index in [-0.39, 0.29) is 5.91 Å². The molecule has 1 aliphatic rings. The van der Waals surface area contributed by atoms with Crippen molar-refractivity contribution in [2.24, 2.45) is 5.92 Å². The maximum atomic E-state index is 11.9. The largest absolute Gasteiger partial charge is 0.311 e. The van der Waals surface area contributed by atoms with Crippen LogP contribution in [0.4, 0.5) is 0 Å². The van der Waals surface area contributed by atoms with Gasteiger partial charge in [-0.1, -0.05) is 38.1 Å². The van der Waals surface area contributed by atoms with Crippen molar-refractivity contribution in [1.82, 2.24) is 4.90 Å². The summed E-state index contributed by atoms with van der Waals surface area (Å²) in [5.41, 5.74) is 2.90. The Bertz CT molecular complexity index is 432. The van der Waals surface area contributed by atoms with Crippen molar-refractivity contribution in [3.05, 3.63) is 41.5 Å². The van der Waals surface area contributed by atoms with E-state index < -0.39 is 0 Å². The Labute approximate surface area is 90.2 Å². The number of hydrogen-bond donors (Lipinski definition) is 0. The molecule has 0 unspecified atom stereocenters. The first-order chi connectivity index (χ1) is 7.11. The Balaban J connectivity index is 2.56. The zero-order valence-corrected chi connectivity index (χ0v) is 9.32. The molecule has 78 valence electrons. The number of carbonyl (C=O) groups excluding carboxylic acids is 1. The van der Waals surface area contributed by atoms with Crippen molar-refractivity contribution in [2.75, 3.05) is 7.05 Å². The number of nitrogens with zero attached hydrogens (tertiary/aromatic N) is 1. The summed E-state index contributed by atoms with van der Waals surface area (Å²) in [6, 6.07) is 7.77. The number of rotatable bonds is 1. The molecule has 2 nitrogen and oxygen atoms in total. The lowest BCUT2D eigenvalue weighted by Crippen LogP contribution is -2.17. The van der Waals surface area contributed by atoms with Crippen molar-refractivity contribution in [3.63, 3.8) is 0 Å². The van der Waals surface area contributed by atoms with E-state index in [0.717, 1.165) is 16.8 Å². The van der Waals surface area contributed by atoms with Gasteiger partial charge in [-0.15, -0.1) is 0 Å².